The maximum Gasteiger partial charge on any atom is 0.185 e. The highest BCUT2D eigenvalue weighted by Crippen LogP contribution is 2.29. The van der Waals surface area contributed by atoms with Crippen LogP contribution in [0.15, 0.2) is 83.8 Å². The summed E-state index contributed by atoms with van der Waals surface area (Å²) in [5.74, 6) is 2.24. The SMILES string of the molecule is COc1cccc(C(=O)/C=C/c2ccc(CSc3ccccc3)c(OC)c2)c1. The molecule has 0 fully saturated rings. The Morgan fingerprint density at radius 2 is 1.75 bits per heavy atom. The number of ketones is 1. The Bertz CT molecular complexity index is 965. The van der Waals surface area contributed by atoms with E-state index in [9.17, 15) is 4.79 Å². The Labute approximate surface area is 170 Å². The monoisotopic (exact) mass is 390 g/mol. The molecule has 0 saturated heterocycles. The number of rotatable bonds is 8. The third-order valence-electron chi connectivity index (χ3n) is 4.23. The molecule has 3 rings (SSSR count). The summed E-state index contributed by atoms with van der Waals surface area (Å²) in [7, 11) is 3.25. The van der Waals surface area contributed by atoms with Gasteiger partial charge in [0.05, 0.1) is 14.2 Å². The highest BCUT2D eigenvalue weighted by Gasteiger charge is 2.06. The molecule has 3 nitrogen and oxygen atoms in total. The van der Waals surface area contributed by atoms with Crippen molar-refractivity contribution in [1.29, 1.82) is 0 Å². The number of carbonyl (C=O) groups excluding carboxylic acids is 1. The predicted octanol–water partition coefficient (Wildman–Crippen LogP) is 5.89. The van der Waals surface area contributed by atoms with Crippen LogP contribution in [0.5, 0.6) is 11.5 Å². The van der Waals surface area contributed by atoms with E-state index in [1.54, 1.807) is 50.3 Å². The summed E-state index contributed by atoms with van der Waals surface area (Å²) in [6.45, 7) is 0. The Hall–Kier alpha value is -2.98. The normalized spacial score (nSPS) is 10.8. The van der Waals surface area contributed by atoms with Gasteiger partial charge in [0.2, 0.25) is 0 Å². The molecule has 3 aromatic rings. The maximum atomic E-state index is 12.4. The molecule has 0 heterocycles. The summed E-state index contributed by atoms with van der Waals surface area (Å²) >= 11 is 1.76. The molecule has 28 heavy (non-hydrogen) atoms. The van der Waals surface area contributed by atoms with Crippen LogP contribution in [0.2, 0.25) is 0 Å². The molecular formula is C24H22O3S. The minimum Gasteiger partial charge on any atom is -0.497 e. The highest BCUT2D eigenvalue weighted by atomic mass is 32.2. The largest absolute Gasteiger partial charge is 0.497 e. The molecule has 0 atom stereocenters. The molecule has 0 radical (unpaired) electrons. The Kier molecular flexibility index (Phi) is 6.93. The van der Waals surface area contributed by atoms with Crippen molar-refractivity contribution >= 4 is 23.6 Å². The molecule has 0 aliphatic rings. The summed E-state index contributed by atoms with van der Waals surface area (Å²) < 4.78 is 10.7. The number of benzene rings is 3. The van der Waals surface area contributed by atoms with Crippen LogP contribution in [0, 0.1) is 0 Å². The van der Waals surface area contributed by atoms with E-state index < -0.39 is 0 Å². The van der Waals surface area contributed by atoms with E-state index in [1.807, 2.05) is 48.5 Å². The minimum absolute atomic E-state index is 0.0680. The quantitative estimate of drug-likeness (QED) is 0.273. The van der Waals surface area contributed by atoms with Crippen LogP contribution >= 0.6 is 11.8 Å². The van der Waals surface area contributed by atoms with E-state index in [-0.39, 0.29) is 5.78 Å². The second-order valence-corrected chi connectivity index (χ2v) is 7.15. The van der Waals surface area contributed by atoms with Crippen LogP contribution < -0.4 is 9.47 Å². The van der Waals surface area contributed by atoms with Gasteiger partial charge in [-0.15, -0.1) is 11.8 Å². The van der Waals surface area contributed by atoms with Crippen molar-refractivity contribution in [2.24, 2.45) is 0 Å². The first kappa shape index (κ1) is 19.8. The zero-order valence-corrected chi connectivity index (χ0v) is 16.7. The lowest BCUT2D eigenvalue weighted by atomic mass is 10.1. The number of ether oxygens (including phenoxy) is 2. The van der Waals surface area contributed by atoms with Gasteiger partial charge in [-0.2, -0.15) is 0 Å². The number of allylic oxidation sites excluding steroid dienone is 1. The van der Waals surface area contributed by atoms with Gasteiger partial charge in [0, 0.05) is 21.8 Å². The standard InChI is InChI=1S/C24H22O3S/c1-26-21-8-6-7-19(16-21)23(25)14-12-18-11-13-20(24(15-18)27-2)17-28-22-9-4-3-5-10-22/h3-16H,17H2,1-2H3/b14-12+. The fraction of sp³-hybridized carbons (Fsp3) is 0.125. The molecule has 4 heteroatoms. The van der Waals surface area contributed by atoms with Crippen LogP contribution in [-0.2, 0) is 5.75 Å². The van der Waals surface area contributed by atoms with Crippen molar-refractivity contribution in [3.63, 3.8) is 0 Å². The van der Waals surface area contributed by atoms with E-state index in [1.165, 1.54) is 4.90 Å². The second-order valence-electron chi connectivity index (χ2n) is 6.10. The molecule has 3 aromatic carbocycles. The first-order valence-corrected chi connectivity index (χ1v) is 9.89. The number of carbonyl (C=O) groups is 1. The Morgan fingerprint density at radius 1 is 0.929 bits per heavy atom. The Morgan fingerprint density at radius 3 is 2.50 bits per heavy atom. The van der Waals surface area contributed by atoms with Crippen LogP contribution in [0.3, 0.4) is 0 Å². The van der Waals surface area contributed by atoms with Gasteiger partial charge in [-0.3, -0.25) is 4.79 Å². The van der Waals surface area contributed by atoms with Gasteiger partial charge in [0.25, 0.3) is 0 Å². The topological polar surface area (TPSA) is 35.5 Å². The van der Waals surface area contributed by atoms with E-state index in [0.29, 0.717) is 11.3 Å². The lowest BCUT2D eigenvalue weighted by Crippen LogP contribution is -1.95. The average Bonchev–Trinajstić information content (AvgIpc) is 2.77. The van der Waals surface area contributed by atoms with Crippen molar-refractivity contribution in [3.8, 4) is 11.5 Å². The predicted molar refractivity (Wildman–Crippen MR) is 115 cm³/mol. The minimum atomic E-state index is -0.0680. The summed E-state index contributed by atoms with van der Waals surface area (Å²) in [5, 5.41) is 0. The summed E-state index contributed by atoms with van der Waals surface area (Å²) in [5.41, 5.74) is 2.63. The van der Waals surface area contributed by atoms with Crippen molar-refractivity contribution in [3.05, 3.63) is 95.6 Å². The third-order valence-corrected chi connectivity index (χ3v) is 5.29. The van der Waals surface area contributed by atoms with Crippen LogP contribution in [0.4, 0.5) is 0 Å². The van der Waals surface area contributed by atoms with Crippen molar-refractivity contribution in [2.45, 2.75) is 10.6 Å². The molecule has 0 aliphatic carbocycles. The fourth-order valence-electron chi connectivity index (χ4n) is 2.71. The Balaban J connectivity index is 1.70. The average molecular weight is 391 g/mol. The van der Waals surface area contributed by atoms with Crippen molar-refractivity contribution in [1.82, 2.24) is 0 Å². The smallest absolute Gasteiger partial charge is 0.185 e. The molecule has 142 valence electrons. The van der Waals surface area contributed by atoms with Gasteiger partial charge >= 0.3 is 0 Å². The molecule has 0 N–H and O–H groups in total. The maximum absolute atomic E-state index is 12.4. The first-order valence-electron chi connectivity index (χ1n) is 8.91. The second kappa shape index (κ2) is 9.81. The van der Waals surface area contributed by atoms with E-state index >= 15 is 0 Å². The zero-order valence-electron chi connectivity index (χ0n) is 15.9. The highest BCUT2D eigenvalue weighted by molar-refractivity contribution is 7.98. The number of hydrogen-bond donors (Lipinski definition) is 0. The number of hydrogen-bond acceptors (Lipinski definition) is 4. The first-order chi connectivity index (χ1) is 13.7. The van der Waals surface area contributed by atoms with Crippen LogP contribution in [0.25, 0.3) is 6.08 Å². The lowest BCUT2D eigenvalue weighted by Gasteiger charge is -2.09. The van der Waals surface area contributed by atoms with Crippen LogP contribution in [0.1, 0.15) is 21.5 Å². The molecular weight excluding hydrogens is 368 g/mol. The van der Waals surface area contributed by atoms with E-state index in [2.05, 4.69) is 12.1 Å². The molecule has 0 amide bonds. The van der Waals surface area contributed by atoms with Gasteiger partial charge < -0.3 is 9.47 Å². The van der Waals surface area contributed by atoms with Gasteiger partial charge in [-0.05, 0) is 42.0 Å². The molecule has 0 aliphatic heterocycles. The number of thioether (sulfide) groups is 1. The van der Waals surface area contributed by atoms with E-state index in [0.717, 1.165) is 22.6 Å². The van der Waals surface area contributed by atoms with Gasteiger partial charge in [0.1, 0.15) is 11.5 Å². The molecule has 0 aromatic heterocycles. The summed E-state index contributed by atoms with van der Waals surface area (Å²) in [6, 6.07) is 23.4. The fourth-order valence-corrected chi connectivity index (χ4v) is 3.62. The molecule has 0 spiro atoms. The van der Waals surface area contributed by atoms with E-state index in [4.69, 9.17) is 9.47 Å². The van der Waals surface area contributed by atoms with Gasteiger partial charge in [-0.25, -0.2) is 0 Å². The number of methoxy groups -OCH3 is 2. The zero-order chi connectivity index (χ0) is 19.8. The summed E-state index contributed by atoms with van der Waals surface area (Å²) in [4.78, 5) is 13.6. The summed E-state index contributed by atoms with van der Waals surface area (Å²) in [6.07, 6.45) is 3.38. The van der Waals surface area contributed by atoms with Crippen molar-refractivity contribution < 1.29 is 14.3 Å². The lowest BCUT2D eigenvalue weighted by molar-refractivity contribution is 0.104. The van der Waals surface area contributed by atoms with Gasteiger partial charge in [0.15, 0.2) is 5.78 Å². The third kappa shape index (κ3) is 5.27. The molecule has 0 bridgehead atoms. The van der Waals surface area contributed by atoms with Crippen molar-refractivity contribution in [2.75, 3.05) is 14.2 Å². The van der Waals surface area contributed by atoms with Crippen LogP contribution in [-0.4, -0.2) is 20.0 Å². The molecule has 0 unspecified atom stereocenters. The van der Waals surface area contributed by atoms with Gasteiger partial charge in [-0.1, -0.05) is 48.5 Å². The molecule has 0 saturated carbocycles.